The average molecular weight is 425 g/mol. The highest BCUT2D eigenvalue weighted by Crippen LogP contribution is 2.29. The number of rotatable bonds is 6. The van der Waals surface area contributed by atoms with Crippen molar-refractivity contribution < 1.29 is 23.9 Å². The average Bonchev–Trinajstić information content (AvgIpc) is 3.21. The molecule has 0 radical (unpaired) electrons. The maximum absolute atomic E-state index is 12.7. The van der Waals surface area contributed by atoms with Gasteiger partial charge in [0.1, 0.15) is 18.0 Å². The number of carbonyl (C=O) groups is 3. The van der Waals surface area contributed by atoms with Crippen LogP contribution >= 0.6 is 0 Å². The van der Waals surface area contributed by atoms with Gasteiger partial charge in [-0.3, -0.25) is 24.3 Å². The smallest absolute Gasteiger partial charge is 0.326 e. The van der Waals surface area contributed by atoms with Gasteiger partial charge < -0.3 is 19.7 Å². The number of amides is 3. The SMILES string of the molecule is COc1ccc(OC)c(NC(=O)CN2NC3N(CCN3c3ccccc3)C(=O)C2=O)c1. The highest BCUT2D eigenvalue weighted by atomic mass is 16.5. The van der Waals surface area contributed by atoms with Gasteiger partial charge in [0.15, 0.2) is 6.29 Å². The summed E-state index contributed by atoms with van der Waals surface area (Å²) in [6.45, 7) is 0.637. The van der Waals surface area contributed by atoms with Crippen molar-refractivity contribution in [3.8, 4) is 11.5 Å². The Bertz CT molecular complexity index is 999. The molecule has 2 heterocycles. The number of ether oxygens (including phenoxy) is 2. The van der Waals surface area contributed by atoms with Crippen molar-refractivity contribution >= 4 is 29.1 Å². The minimum absolute atomic E-state index is 0.349. The fourth-order valence-corrected chi connectivity index (χ4v) is 3.67. The Morgan fingerprint density at radius 2 is 1.77 bits per heavy atom. The van der Waals surface area contributed by atoms with Gasteiger partial charge in [0, 0.05) is 24.8 Å². The minimum Gasteiger partial charge on any atom is -0.497 e. The molecule has 2 saturated heterocycles. The van der Waals surface area contributed by atoms with E-state index >= 15 is 0 Å². The summed E-state index contributed by atoms with van der Waals surface area (Å²) < 4.78 is 10.4. The van der Waals surface area contributed by atoms with E-state index in [4.69, 9.17) is 9.47 Å². The lowest BCUT2D eigenvalue weighted by atomic mass is 10.2. The summed E-state index contributed by atoms with van der Waals surface area (Å²) in [6.07, 6.45) is -0.549. The largest absolute Gasteiger partial charge is 0.497 e. The Morgan fingerprint density at radius 1 is 1.03 bits per heavy atom. The van der Waals surface area contributed by atoms with Crippen molar-refractivity contribution in [2.75, 3.05) is 44.1 Å². The molecule has 10 heteroatoms. The number of nitrogens with one attached hydrogen (secondary N) is 2. The number of anilines is 2. The van der Waals surface area contributed by atoms with Crippen LogP contribution in [0.15, 0.2) is 48.5 Å². The summed E-state index contributed by atoms with van der Waals surface area (Å²) in [5.41, 5.74) is 4.32. The van der Waals surface area contributed by atoms with E-state index in [-0.39, 0.29) is 6.54 Å². The van der Waals surface area contributed by atoms with Crippen LogP contribution < -0.4 is 25.1 Å². The molecular formula is C21H23N5O5. The standard InChI is InChI=1S/C21H23N5O5/c1-30-15-8-9-17(31-2)16(12-15)22-18(27)13-26-20(29)19(28)25-11-10-24(21(25)23-26)14-6-4-3-5-7-14/h3-9,12,21,23H,10-11,13H2,1-2H3,(H,22,27). The molecule has 2 aromatic rings. The maximum atomic E-state index is 12.7. The summed E-state index contributed by atoms with van der Waals surface area (Å²) in [6, 6.07) is 14.6. The Balaban J connectivity index is 1.49. The minimum atomic E-state index is -0.779. The molecule has 0 aliphatic carbocycles. The molecule has 31 heavy (non-hydrogen) atoms. The van der Waals surface area contributed by atoms with Crippen LogP contribution in [0.25, 0.3) is 0 Å². The maximum Gasteiger partial charge on any atom is 0.326 e. The highest BCUT2D eigenvalue weighted by molar-refractivity contribution is 6.35. The second-order valence-electron chi connectivity index (χ2n) is 7.04. The quantitative estimate of drug-likeness (QED) is 0.654. The molecule has 10 nitrogen and oxygen atoms in total. The van der Waals surface area contributed by atoms with E-state index in [1.807, 2.05) is 35.2 Å². The van der Waals surface area contributed by atoms with Crippen molar-refractivity contribution in [1.29, 1.82) is 0 Å². The van der Waals surface area contributed by atoms with Gasteiger partial charge in [-0.1, -0.05) is 18.2 Å². The van der Waals surface area contributed by atoms with Gasteiger partial charge in [0.25, 0.3) is 0 Å². The van der Waals surface area contributed by atoms with E-state index < -0.39 is 24.0 Å². The molecule has 4 rings (SSSR count). The first-order valence-electron chi connectivity index (χ1n) is 9.74. The molecule has 0 bridgehead atoms. The second kappa shape index (κ2) is 8.52. The lowest BCUT2D eigenvalue weighted by Crippen LogP contribution is -2.68. The molecular weight excluding hydrogens is 402 g/mol. The van der Waals surface area contributed by atoms with Gasteiger partial charge in [-0.15, -0.1) is 0 Å². The molecule has 1 unspecified atom stereocenters. The number of benzene rings is 2. The van der Waals surface area contributed by atoms with Crippen molar-refractivity contribution in [2.24, 2.45) is 0 Å². The van der Waals surface area contributed by atoms with Gasteiger partial charge in [-0.05, 0) is 24.3 Å². The third-order valence-corrected chi connectivity index (χ3v) is 5.20. The molecule has 0 aromatic heterocycles. The molecule has 1 atom stereocenters. The molecule has 2 fully saturated rings. The van der Waals surface area contributed by atoms with Crippen LogP contribution in [0.2, 0.25) is 0 Å². The van der Waals surface area contributed by atoms with Crippen LogP contribution in [0, 0.1) is 0 Å². The Labute approximate surface area is 179 Å². The predicted molar refractivity (Wildman–Crippen MR) is 112 cm³/mol. The molecule has 162 valence electrons. The Kier molecular flexibility index (Phi) is 5.63. The van der Waals surface area contributed by atoms with Crippen LogP contribution in [0.4, 0.5) is 11.4 Å². The van der Waals surface area contributed by atoms with Gasteiger partial charge >= 0.3 is 11.8 Å². The lowest BCUT2D eigenvalue weighted by Gasteiger charge is -2.40. The van der Waals surface area contributed by atoms with Gasteiger partial charge in [0.05, 0.1) is 19.9 Å². The van der Waals surface area contributed by atoms with Crippen LogP contribution in [0.3, 0.4) is 0 Å². The van der Waals surface area contributed by atoms with Crippen molar-refractivity contribution in [3.63, 3.8) is 0 Å². The number of fused-ring (bicyclic) bond motifs is 1. The second-order valence-corrected chi connectivity index (χ2v) is 7.04. The molecule has 2 aromatic carbocycles. The number of hydrogen-bond acceptors (Lipinski definition) is 7. The number of para-hydroxylation sites is 1. The number of nitrogens with zero attached hydrogens (tertiary/aromatic N) is 3. The van der Waals surface area contributed by atoms with Gasteiger partial charge in [-0.2, -0.15) is 5.43 Å². The zero-order chi connectivity index (χ0) is 22.0. The van der Waals surface area contributed by atoms with Crippen LogP contribution in [-0.4, -0.2) is 67.8 Å². The Hall–Kier alpha value is -3.79. The molecule has 0 spiro atoms. The first-order valence-corrected chi connectivity index (χ1v) is 9.74. The van der Waals surface area contributed by atoms with E-state index in [9.17, 15) is 14.4 Å². The summed E-state index contributed by atoms with van der Waals surface area (Å²) >= 11 is 0. The van der Waals surface area contributed by atoms with Gasteiger partial charge in [-0.25, -0.2) is 0 Å². The van der Waals surface area contributed by atoms with Crippen molar-refractivity contribution in [2.45, 2.75) is 6.29 Å². The zero-order valence-electron chi connectivity index (χ0n) is 17.2. The number of hydrogen-bond donors (Lipinski definition) is 2. The van der Waals surface area contributed by atoms with Crippen molar-refractivity contribution in [3.05, 3.63) is 48.5 Å². The van der Waals surface area contributed by atoms with Crippen LogP contribution in [-0.2, 0) is 14.4 Å². The fraction of sp³-hybridized carbons (Fsp3) is 0.286. The first kappa shape index (κ1) is 20.5. The molecule has 3 amide bonds. The van der Waals surface area contributed by atoms with E-state index in [2.05, 4.69) is 10.7 Å². The predicted octanol–water partition coefficient (Wildman–Crippen LogP) is 0.622. The number of hydrazine groups is 1. The van der Waals surface area contributed by atoms with Crippen molar-refractivity contribution in [1.82, 2.24) is 15.3 Å². The monoisotopic (exact) mass is 425 g/mol. The lowest BCUT2D eigenvalue weighted by molar-refractivity contribution is -0.163. The van der Waals surface area contributed by atoms with E-state index in [1.165, 1.54) is 19.1 Å². The molecule has 2 N–H and O–H groups in total. The first-order chi connectivity index (χ1) is 15.0. The fourth-order valence-electron chi connectivity index (χ4n) is 3.67. The van der Waals surface area contributed by atoms with E-state index in [1.54, 1.807) is 18.2 Å². The third kappa shape index (κ3) is 3.97. The highest BCUT2D eigenvalue weighted by Gasteiger charge is 2.45. The van der Waals surface area contributed by atoms with Crippen LogP contribution in [0.1, 0.15) is 0 Å². The summed E-state index contributed by atoms with van der Waals surface area (Å²) in [5.74, 6) is -0.926. The van der Waals surface area contributed by atoms with E-state index in [0.717, 1.165) is 10.7 Å². The topological polar surface area (TPSA) is 103 Å². The summed E-state index contributed by atoms with van der Waals surface area (Å²) in [4.78, 5) is 41.3. The van der Waals surface area contributed by atoms with E-state index in [0.29, 0.717) is 30.3 Å². The number of carbonyl (C=O) groups excluding carboxylic acids is 3. The molecule has 2 aliphatic rings. The summed E-state index contributed by atoms with van der Waals surface area (Å²) in [7, 11) is 3.00. The number of methoxy groups -OCH3 is 2. The Morgan fingerprint density at radius 3 is 2.48 bits per heavy atom. The molecule has 0 saturated carbocycles. The normalized spacial score (nSPS) is 18.1. The van der Waals surface area contributed by atoms with Crippen LogP contribution in [0.5, 0.6) is 11.5 Å². The molecule has 2 aliphatic heterocycles. The summed E-state index contributed by atoms with van der Waals surface area (Å²) in [5, 5.41) is 3.75. The third-order valence-electron chi connectivity index (χ3n) is 5.20. The zero-order valence-corrected chi connectivity index (χ0v) is 17.2. The van der Waals surface area contributed by atoms with Gasteiger partial charge in [0.2, 0.25) is 5.91 Å².